The van der Waals surface area contributed by atoms with Crippen LogP contribution in [-0.4, -0.2) is 44.3 Å². The van der Waals surface area contributed by atoms with E-state index in [1.807, 2.05) is 0 Å². The number of nitrogens with zero attached hydrogens (tertiary/aromatic N) is 1. The Balaban J connectivity index is 2.31. The Labute approximate surface area is 113 Å². The second kappa shape index (κ2) is 10.8. The van der Waals surface area contributed by atoms with Gasteiger partial charge in [0.2, 0.25) is 0 Å². The van der Waals surface area contributed by atoms with Gasteiger partial charge in [0.15, 0.2) is 0 Å². The molecule has 0 heterocycles. The molecule has 108 valence electrons. The lowest BCUT2D eigenvalue weighted by Gasteiger charge is -2.31. The van der Waals surface area contributed by atoms with E-state index in [2.05, 4.69) is 4.90 Å². The van der Waals surface area contributed by atoms with Crippen LogP contribution in [0.3, 0.4) is 0 Å². The molecule has 0 aliphatic heterocycles. The highest BCUT2D eigenvalue weighted by atomic mass is 16.5. The van der Waals surface area contributed by atoms with Crippen molar-refractivity contribution in [1.82, 2.24) is 4.90 Å². The molecule has 0 atom stereocenters. The molecule has 3 heteroatoms. The fraction of sp³-hybridized carbons (Fsp3) is 1.00. The SMILES string of the molecule is COCCCCN(CCCN)C1CCCCCC1. The van der Waals surface area contributed by atoms with Crippen LogP contribution < -0.4 is 5.73 Å². The zero-order valence-corrected chi connectivity index (χ0v) is 12.2. The molecule has 0 saturated heterocycles. The van der Waals surface area contributed by atoms with E-state index in [9.17, 15) is 0 Å². The molecule has 1 fully saturated rings. The second-order valence-corrected chi connectivity index (χ2v) is 5.52. The monoisotopic (exact) mass is 256 g/mol. The van der Waals surface area contributed by atoms with Gasteiger partial charge in [-0.3, -0.25) is 0 Å². The lowest BCUT2D eigenvalue weighted by Crippen LogP contribution is -2.37. The third kappa shape index (κ3) is 6.72. The third-order valence-corrected chi connectivity index (χ3v) is 4.03. The van der Waals surface area contributed by atoms with Gasteiger partial charge in [-0.1, -0.05) is 25.7 Å². The molecule has 0 aromatic rings. The van der Waals surface area contributed by atoms with Crippen molar-refractivity contribution >= 4 is 0 Å². The molecular formula is C15H32N2O. The summed E-state index contributed by atoms with van der Waals surface area (Å²) >= 11 is 0. The summed E-state index contributed by atoms with van der Waals surface area (Å²) in [5.74, 6) is 0. The number of ether oxygens (including phenoxy) is 1. The molecule has 0 aromatic carbocycles. The van der Waals surface area contributed by atoms with E-state index in [1.54, 1.807) is 7.11 Å². The smallest absolute Gasteiger partial charge is 0.0462 e. The quantitative estimate of drug-likeness (QED) is 0.509. The molecular weight excluding hydrogens is 224 g/mol. The van der Waals surface area contributed by atoms with E-state index < -0.39 is 0 Å². The topological polar surface area (TPSA) is 38.5 Å². The Morgan fingerprint density at radius 2 is 1.67 bits per heavy atom. The van der Waals surface area contributed by atoms with E-state index in [1.165, 1.54) is 64.5 Å². The van der Waals surface area contributed by atoms with Gasteiger partial charge in [-0.2, -0.15) is 0 Å². The fourth-order valence-electron chi connectivity index (χ4n) is 2.96. The van der Waals surface area contributed by atoms with Crippen molar-refractivity contribution in [2.75, 3.05) is 33.4 Å². The molecule has 18 heavy (non-hydrogen) atoms. The molecule has 0 aromatic heterocycles. The molecule has 0 bridgehead atoms. The van der Waals surface area contributed by atoms with Gasteiger partial charge in [0.1, 0.15) is 0 Å². The number of rotatable bonds is 9. The molecule has 1 saturated carbocycles. The second-order valence-electron chi connectivity index (χ2n) is 5.52. The highest BCUT2D eigenvalue weighted by Crippen LogP contribution is 2.22. The van der Waals surface area contributed by atoms with E-state index in [4.69, 9.17) is 10.5 Å². The van der Waals surface area contributed by atoms with Crippen LogP contribution in [0.2, 0.25) is 0 Å². The summed E-state index contributed by atoms with van der Waals surface area (Å²) in [7, 11) is 1.79. The van der Waals surface area contributed by atoms with Crippen LogP contribution >= 0.6 is 0 Å². The molecule has 3 nitrogen and oxygen atoms in total. The molecule has 2 N–H and O–H groups in total. The average Bonchev–Trinajstić information content (AvgIpc) is 2.67. The van der Waals surface area contributed by atoms with Crippen molar-refractivity contribution in [2.24, 2.45) is 5.73 Å². The Kier molecular flexibility index (Phi) is 9.54. The summed E-state index contributed by atoms with van der Waals surface area (Å²) in [5.41, 5.74) is 5.67. The third-order valence-electron chi connectivity index (χ3n) is 4.03. The van der Waals surface area contributed by atoms with Crippen LogP contribution in [0.25, 0.3) is 0 Å². The molecule has 1 aliphatic rings. The van der Waals surface area contributed by atoms with E-state index in [0.717, 1.165) is 25.6 Å². The first-order valence-electron chi connectivity index (χ1n) is 7.81. The Bertz CT molecular complexity index is 179. The van der Waals surface area contributed by atoms with Crippen molar-refractivity contribution in [3.63, 3.8) is 0 Å². The summed E-state index contributed by atoms with van der Waals surface area (Å²) in [6.07, 6.45) is 12.1. The van der Waals surface area contributed by atoms with E-state index >= 15 is 0 Å². The van der Waals surface area contributed by atoms with Gasteiger partial charge in [0.25, 0.3) is 0 Å². The zero-order chi connectivity index (χ0) is 13.1. The van der Waals surface area contributed by atoms with Crippen molar-refractivity contribution in [3.8, 4) is 0 Å². The predicted octanol–water partition coefficient (Wildman–Crippen LogP) is 2.79. The minimum atomic E-state index is 0.821. The lowest BCUT2D eigenvalue weighted by molar-refractivity contribution is 0.156. The van der Waals surface area contributed by atoms with Crippen LogP contribution in [0.15, 0.2) is 0 Å². The number of nitrogens with two attached hydrogens (primary N) is 1. The van der Waals surface area contributed by atoms with Gasteiger partial charge < -0.3 is 15.4 Å². The highest BCUT2D eigenvalue weighted by molar-refractivity contribution is 4.75. The Morgan fingerprint density at radius 1 is 1.00 bits per heavy atom. The first-order valence-corrected chi connectivity index (χ1v) is 7.81. The van der Waals surface area contributed by atoms with Gasteiger partial charge >= 0.3 is 0 Å². The maximum Gasteiger partial charge on any atom is 0.0462 e. The minimum absolute atomic E-state index is 0.821. The molecule has 1 aliphatic carbocycles. The number of hydrogen-bond acceptors (Lipinski definition) is 3. The first-order chi connectivity index (χ1) is 8.88. The van der Waals surface area contributed by atoms with Gasteiger partial charge in [-0.05, 0) is 51.7 Å². The highest BCUT2D eigenvalue weighted by Gasteiger charge is 2.19. The van der Waals surface area contributed by atoms with Crippen LogP contribution in [0.4, 0.5) is 0 Å². The largest absolute Gasteiger partial charge is 0.385 e. The molecule has 0 spiro atoms. The average molecular weight is 256 g/mol. The maximum absolute atomic E-state index is 5.67. The summed E-state index contributed by atoms with van der Waals surface area (Å²) < 4.78 is 5.13. The normalized spacial score (nSPS) is 18.2. The number of unbranched alkanes of at least 4 members (excludes halogenated alkanes) is 1. The van der Waals surface area contributed by atoms with Crippen molar-refractivity contribution < 1.29 is 4.74 Å². The molecule has 1 rings (SSSR count). The van der Waals surface area contributed by atoms with E-state index in [0.29, 0.717) is 0 Å². The van der Waals surface area contributed by atoms with Crippen molar-refractivity contribution in [2.45, 2.75) is 63.8 Å². The van der Waals surface area contributed by atoms with Crippen LogP contribution in [0.5, 0.6) is 0 Å². The van der Waals surface area contributed by atoms with Gasteiger partial charge in [-0.25, -0.2) is 0 Å². The molecule has 0 amide bonds. The number of methoxy groups -OCH3 is 1. The molecule has 0 unspecified atom stereocenters. The zero-order valence-electron chi connectivity index (χ0n) is 12.2. The Hall–Kier alpha value is -0.120. The van der Waals surface area contributed by atoms with E-state index in [-0.39, 0.29) is 0 Å². The summed E-state index contributed by atoms with van der Waals surface area (Å²) in [5, 5.41) is 0. The fourth-order valence-corrected chi connectivity index (χ4v) is 2.96. The van der Waals surface area contributed by atoms with Crippen LogP contribution in [0.1, 0.15) is 57.8 Å². The van der Waals surface area contributed by atoms with Gasteiger partial charge in [0, 0.05) is 19.8 Å². The lowest BCUT2D eigenvalue weighted by atomic mass is 10.1. The standard InChI is InChI=1S/C15H32N2O/c1-18-14-7-6-12-17(13-8-11-16)15-9-4-2-3-5-10-15/h15H,2-14,16H2,1H3. The first kappa shape index (κ1) is 15.9. The van der Waals surface area contributed by atoms with Crippen LogP contribution in [-0.2, 0) is 4.74 Å². The summed E-state index contributed by atoms with van der Waals surface area (Å²) in [6, 6.07) is 0.821. The van der Waals surface area contributed by atoms with Gasteiger partial charge in [0.05, 0.1) is 0 Å². The molecule has 0 radical (unpaired) electrons. The summed E-state index contributed by atoms with van der Waals surface area (Å²) in [6.45, 7) is 4.14. The minimum Gasteiger partial charge on any atom is -0.385 e. The van der Waals surface area contributed by atoms with Crippen LogP contribution in [0, 0.1) is 0 Å². The Morgan fingerprint density at radius 3 is 2.28 bits per heavy atom. The summed E-state index contributed by atoms with van der Waals surface area (Å²) in [4.78, 5) is 2.70. The van der Waals surface area contributed by atoms with Crippen molar-refractivity contribution in [1.29, 1.82) is 0 Å². The van der Waals surface area contributed by atoms with Gasteiger partial charge in [-0.15, -0.1) is 0 Å². The maximum atomic E-state index is 5.67. The number of hydrogen-bond donors (Lipinski definition) is 1. The van der Waals surface area contributed by atoms with Crippen molar-refractivity contribution in [3.05, 3.63) is 0 Å². The predicted molar refractivity (Wildman–Crippen MR) is 77.8 cm³/mol.